The molecule has 1 aliphatic heterocycles. The van der Waals surface area contributed by atoms with Crippen molar-refractivity contribution in [3.63, 3.8) is 0 Å². The molecule has 168 valence electrons. The van der Waals surface area contributed by atoms with Gasteiger partial charge in [0.25, 0.3) is 10.0 Å². The molecule has 1 saturated heterocycles. The largest absolute Gasteiger partial charge is 0.464 e. The Morgan fingerprint density at radius 2 is 2.00 bits per heavy atom. The molecule has 2 heterocycles. The molecule has 7 nitrogen and oxygen atoms in total. The monoisotopic (exact) mass is 464 g/mol. The number of thiophene rings is 1. The zero-order chi connectivity index (χ0) is 22.3. The van der Waals surface area contributed by atoms with Crippen molar-refractivity contribution in [1.29, 1.82) is 0 Å². The number of rotatable bonds is 9. The normalized spacial score (nSPS) is 17.3. The number of benzene rings is 1. The van der Waals surface area contributed by atoms with Gasteiger partial charge in [0.15, 0.2) is 0 Å². The fraction of sp³-hybridized carbons (Fsp3) is 0.455. The molecular weight excluding hydrogens is 436 g/mol. The molecule has 1 fully saturated rings. The van der Waals surface area contributed by atoms with E-state index in [2.05, 4.69) is 5.32 Å². The Morgan fingerprint density at radius 1 is 1.23 bits per heavy atom. The van der Waals surface area contributed by atoms with E-state index in [1.54, 1.807) is 17.5 Å². The summed E-state index contributed by atoms with van der Waals surface area (Å²) in [7, 11) is -3.57. The third-order valence-electron chi connectivity index (χ3n) is 5.24. The van der Waals surface area contributed by atoms with Crippen LogP contribution < -0.4 is 5.32 Å². The maximum Gasteiger partial charge on any atom is 0.310 e. The zero-order valence-electron chi connectivity index (χ0n) is 17.6. The van der Waals surface area contributed by atoms with Crippen molar-refractivity contribution in [2.24, 2.45) is 5.92 Å². The highest BCUT2D eigenvalue weighted by Gasteiger charge is 2.34. The van der Waals surface area contributed by atoms with Crippen molar-refractivity contribution in [2.75, 3.05) is 26.2 Å². The van der Waals surface area contributed by atoms with E-state index in [4.69, 9.17) is 4.74 Å². The van der Waals surface area contributed by atoms with Crippen LogP contribution in [0.3, 0.4) is 0 Å². The Labute approximate surface area is 187 Å². The van der Waals surface area contributed by atoms with Gasteiger partial charge in [0, 0.05) is 19.5 Å². The second kappa shape index (κ2) is 10.9. The molecule has 1 aliphatic rings. The second-order valence-corrected chi connectivity index (χ2v) is 10.7. The van der Waals surface area contributed by atoms with Gasteiger partial charge >= 0.3 is 5.97 Å². The van der Waals surface area contributed by atoms with Gasteiger partial charge < -0.3 is 10.1 Å². The van der Waals surface area contributed by atoms with Crippen LogP contribution in [0, 0.1) is 12.8 Å². The second-order valence-electron chi connectivity index (χ2n) is 7.64. The number of nitrogens with one attached hydrogen (secondary N) is 1. The van der Waals surface area contributed by atoms with Crippen molar-refractivity contribution in [3.05, 3.63) is 52.9 Å². The minimum absolute atomic E-state index is 0.0727. The number of nitrogens with zero attached hydrogens (tertiary/aromatic N) is 1. The van der Waals surface area contributed by atoms with Gasteiger partial charge in [-0.15, -0.1) is 11.3 Å². The van der Waals surface area contributed by atoms with Crippen LogP contribution in [0.15, 0.2) is 46.0 Å². The average molecular weight is 465 g/mol. The summed E-state index contributed by atoms with van der Waals surface area (Å²) in [6.07, 6.45) is 2.23. The van der Waals surface area contributed by atoms with E-state index >= 15 is 0 Å². The van der Waals surface area contributed by atoms with Crippen LogP contribution >= 0.6 is 11.3 Å². The van der Waals surface area contributed by atoms with Crippen LogP contribution in [0.1, 0.15) is 30.4 Å². The first-order valence-corrected chi connectivity index (χ1v) is 12.7. The molecule has 1 aromatic heterocycles. The van der Waals surface area contributed by atoms with Gasteiger partial charge in [-0.05, 0) is 43.2 Å². The molecule has 3 rings (SSSR count). The van der Waals surface area contributed by atoms with Crippen LogP contribution in [0.5, 0.6) is 0 Å². The van der Waals surface area contributed by atoms with Crippen LogP contribution in [-0.4, -0.2) is 50.8 Å². The Bertz CT molecular complexity index is 972. The minimum Gasteiger partial charge on any atom is -0.464 e. The van der Waals surface area contributed by atoms with E-state index in [1.807, 2.05) is 31.2 Å². The topological polar surface area (TPSA) is 92.8 Å². The molecule has 0 aliphatic carbocycles. The molecule has 0 radical (unpaired) electrons. The number of esters is 1. The van der Waals surface area contributed by atoms with E-state index in [0.717, 1.165) is 5.56 Å². The lowest BCUT2D eigenvalue weighted by atomic mass is 10.0. The number of piperidine rings is 1. The van der Waals surface area contributed by atoms with Gasteiger partial charge in [0.2, 0.25) is 5.91 Å². The number of hydrogen-bond donors (Lipinski definition) is 1. The summed E-state index contributed by atoms with van der Waals surface area (Å²) in [4.78, 5) is 24.4. The highest BCUT2D eigenvalue weighted by Crippen LogP contribution is 2.26. The van der Waals surface area contributed by atoms with Crippen molar-refractivity contribution in [2.45, 2.75) is 36.8 Å². The van der Waals surface area contributed by atoms with Gasteiger partial charge in [-0.2, -0.15) is 4.31 Å². The summed E-state index contributed by atoms with van der Waals surface area (Å²) < 4.78 is 32.3. The number of hydrogen-bond acceptors (Lipinski definition) is 6. The Hall–Kier alpha value is -2.23. The molecule has 0 saturated carbocycles. The van der Waals surface area contributed by atoms with Crippen molar-refractivity contribution >= 4 is 33.2 Å². The highest BCUT2D eigenvalue weighted by atomic mass is 32.2. The van der Waals surface area contributed by atoms with E-state index in [9.17, 15) is 18.0 Å². The lowest BCUT2D eigenvalue weighted by Gasteiger charge is -2.30. The molecule has 9 heteroatoms. The average Bonchev–Trinajstić information content (AvgIpc) is 3.32. The molecule has 1 unspecified atom stereocenters. The van der Waals surface area contributed by atoms with Gasteiger partial charge in [0.1, 0.15) is 10.8 Å². The quantitative estimate of drug-likeness (QED) is 0.455. The first kappa shape index (κ1) is 23.4. The zero-order valence-corrected chi connectivity index (χ0v) is 19.2. The molecule has 31 heavy (non-hydrogen) atoms. The fourth-order valence-corrected chi connectivity index (χ4v) is 6.12. The Morgan fingerprint density at radius 3 is 2.71 bits per heavy atom. The standard InChI is InChI=1S/C22H28N2O5S2/c1-17-6-8-18(9-7-17)10-11-20(25)23-12-14-29-22(26)19-4-2-13-24(16-19)31(27,28)21-5-3-15-30-21/h3,5-9,15,19H,2,4,10-14,16H2,1H3,(H,23,25). The maximum absolute atomic E-state index is 12.7. The summed E-state index contributed by atoms with van der Waals surface area (Å²) in [6.45, 7) is 2.86. The predicted octanol–water partition coefficient (Wildman–Crippen LogP) is 2.75. The number of sulfonamides is 1. The lowest BCUT2D eigenvalue weighted by Crippen LogP contribution is -2.42. The smallest absolute Gasteiger partial charge is 0.310 e. The van der Waals surface area contributed by atoms with Gasteiger partial charge in [-0.25, -0.2) is 8.42 Å². The van der Waals surface area contributed by atoms with E-state index < -0.39 is 21.9 Å². The number of carbonyl (C=O) groups is 2. The molecule has 2 aromatic rings. The lowest BCUT2D eigenvalue weighted by molar-refractivity contribution is -0.150. The summed E-state index contributed by atoms with van der Waals surface area (Å²) in [6, 6.07) is 11.3. The number of amides is 1. The Balaban J connectivity index is 1.37. The molecule has 1 atom stereocenters. The van der Waals surface area contributed by atoms with Crippen LogP contribution in [0.25, 0.3) is 0 Å². The summed E-state index contributed by atoms with van der Waals surface area (Å²) >= 11 is 1.17. The van der Waals surface area contributed by atoms with Gasteiger partial charge in [-0.1, -0.05) is 35.9 Å². The first-order chi connectivity index (χ1) is 14.9. The number of ether oxygens (including phenoxy) is 1. The highest BCUT2D eigenvalue weighted by molar-refractivity contribution is 7.91. The fourth-order valence-electron chi connectivity index (χ4n) is 3.45. The van der Waals surface area contributed by atoms with Crippen LogP contribution in [-0.2, 0) is 30.8 Å². The third kappa shape index (κ3) is 6.62. The van der Waals surface area contributed by atoms with Crippen LogP contribution in [0.2, 0.25) is 0 Å². The minimum atomic E-state index is -3.57. The number of carbonyl (C=O) groups excluding carboxylic acids is 2. The maximum atomic E-state index is 12.7. The van der Waals surface area contributed by atoms with Crippen molar-refractivity contribution in [1.82, 2.24) is 9.62 Å². The van der Waals surface area contributed by atoms with Gasteiger partial charge in [0.05, 0.1) is 12.5 Å². The Kier molecular flexibility index (Phi) is 8.22. The molecule has 0 bridgehead atoms. The van der Waals surface area contributed by atoms with E-state index in [1.165, 1.54) is 21.2 Å². The van der Waals surface area contributed by atoms with E-state index in [0.29, 0.717) is 32.2 Å². The molecular formula is C22H28N2O5S2. The molecule has 1 aromatic carbocycles. The summed E-state index contributed by atoms with van der Waals surface area (Å²) in [5, 5.41) is 4.47. The van der Waals surface area contributed by atoms with Crippen molar-refractivity contribution in [3.8, 4) is 0 Å². The molecule has 0 spiro atoms. The summed E-state index contributed by atoms with van der Waals surface area (Å²) in [5.74, 6) is -0.997. The first-order valence-electron chi connectivity index (χ1n) is 10.4. The SMILES string of the molecule is Cc1ccc(CCC(=O)NCCOC(=O)C2CCCN(S(=O)(=O)c3cccs3)C2)cc1. The van der Waals surface area contributed by atoms with Crippen LogP contribution in [0.4, 0.5) is 0 Å². The third-order valence-corrected chi connectivity index (χ3v) is 8.47. The van der Waals surface area contributed by atoms with Crippen molar-refractivity contribution < 1.29 is 22.7 Å². The van der Waals surface area contributed by atoms with E-state index in [-0.39, 0.29) is 29.8 Å². The van der Waals surface area contributed by atoms with Gasteiger partial charge in [-0.3, -0.25) is 9.59 Å². The predicted molar refractivity (Wildman–Crippen MR) is 119 cm³/mol. The summed E-state index contributed by atoms with van der Waals surface area (Å²) in [5.41, 5.74) is 2.28. The molecule has 1 N–H and O–H groups in total. The number of aryl methyl sites for hydroxylation is 2. The molecule has 1 amide bonds.